The summed E-state index contributed by atoms with van der Waals surface area (Å²) in [4.78, 5) is 12.1. The Bertz CT molecular complexity index is 587. The van der Waals surface area contributed by atoms with E-state index in [1.165, 1.54) is 32.1 Å². The van der Waals surface area contributed by atoms with Gasteiger partial charge in [-0.1, -0.05) is 13.3 Å². The van der Waals surface area contributed by atoms with Crippen LogP contribution < -0.4 is 0 Å². The minimum atomic E-state index is -0.558. The van der Waals surface area contributed by atoms with Crippen molar-refractivity contribution < 1.29 is 14.6 Å². The van der Waals surface area contributed by atoms with Crippen LogP contribution in [0.2, 0.25) is 0 Å². The summed E-state index contributed by atoms with van der Waals surface area (Å²) in [6.45, 7) is 6.82. The minimum Gasteiger partial charge on any atom is -0.481 e. The van der Waals surface area contributed by atoms with E-state index in [0.717, 1.165) is 25.2 Å². The van der Waals surface area contributed by atoms with Gasteiger partial charge in [0.05, 0.1) is 17.1 Å². The molecule has 1 heterocycles. The van der Waals surface area contributed by atoms with Crippen LogP contribution in [-0.2, 0) is 9.53 Å². The van der Waals surface area contributed by atoms with Gasteiger partial charge in [0, 0.05) is 5.41 Å². The molecule has 128 valence electrons. The van der Waals surface area contributed by atoms with Gasteiger partial charge in [-0.3, -0.25) is 4.79 Å². The summed E-state index contributed by atoms with van der Waals surface area (Å²) in [5, 5.41) is 9.95. The number of epoxide rings is 1. The first kappa shape index (κ1) is 14.7. The van der Waals surface area contributed by atoms with E-state index in [4.69, 9.17) is 4.74 Å². The summed E-state index contributed by atoms with van der Waals surface area (Å²) in [7, 11) is 0. The molecule has 2 bridgehead atoms. The molecule has 1 N–H and O–H groups in total. The molecule has 5 aliphatic rings. The van der Waals surface area contributed by atoms with Crippen molar-refractivity contribution in [1.29, 1.82) is 0 Å². The van der Waals surface area contributed by atoms with Crippen LogP contribution in [0.1, 0.15) is 72.1 Å². The van der Waals surface area contributed by atoms with Crippen molar-refractivity contribution in [1.82, 2.24) is 0 Å². The van der Waals surface area contributed by atoms with Crippen molar-refractivity contribution in [3.63, 3.8) is 0 Å². The van der Waals surface area contributed by atoms with Crippen LogP contribution in [-0.4, -0.2) is 22.8 Å². The maximum atomic E-state index is 12.1. The quantitative estimate of drug-likeness (QED) is 0.735. The summed E-state index contributed by atoms with van der Waals surface area (Å²) in [5.74, 6) is 1.23. The molecular formula is C20H30O3. The molecule has 5 rings (SSSR count). The van der Waals surface area contributed by atoms with Crippen LogP contribution in [0, 0.1) is 34.0 Å². The zero-order valence-corrected chi connectivity index (χ0v) is 14.7. The number of carboxylic acids is 1. The second-order valence-corrected chi connectivity index (χ2v) is 10.1. The smallest absolute Gasteiger partial charge is 0.309 e. The minimum absolute atomic E-state index is 0.169. The zero-order chi connectivity index (χ0) is 16.3. The van der Waals surface area contributed by atoms with Crippen LogP contribution >= 0.6 is 0 Å². The first-order chi connectivity index (χ1) is 10.8. The third-order valence-corrected chi connectivity index (χ3v) is 9.45. The monoisotopic (exact) mass is 318 g/mol. The summed E-state index contributed by atoms with van der Waals surface area (Å²) >= 11 is 0. The summed E-state index contributed by atoms with van der Waals surface area (Å²) < 4.78 is 6.28. The Labute approximate surface area is 139 Å². The molecule has 0 unspecified atom stereocenters. The lowest BCUT2D eigenvalue weighted by atomic mass is 9.40. The maximum Gasteiger partial charge on any atom is 0.309 e. The molecule has 0 aromatic rings. The molecule has 0 radical (unpaired) electrons. The standard InChI is InChI=1S/C20H30O3/c1-17-8-4-9-18(2,16(21)22)13(17)7-10-20-11-12(5-6-14(17)20)19(3)15(20)23-19/h12-15H,4-11H2,1-3H3,(H,21,22)/t12-,13-,14-,15-,17+,18+,19-,20+/m0/s1. The number of hydrogen-bond acceptors (Lipinski definition) is 2. The first-order valence-electron chi connectivity index (χ1n) is 9.69. The molecule has 3 heteroatoms. The molecule has 4 saturated carbocycles. The SMILES string of the molecule is C[C@@]12CCC[C@@](C)(C(=O)O)[C@H]1CC[C@@]13C[C@H](CC[C@@H]21)[C@]1(C)O[C@H]31. The van der Waals surface area contributed by atoms with Gasteiger partial charge in [-0.2, -0.15) is 0 Å². The van der Waals surface area contributed by atoms with E-state index in [1.807, 2.05) is 6.92 Å². The van der Waals surface area contributed by atoms with E-state index in [-0.39, 0.29) is 11.0 Å². The lowest BCUT2D eigenvalue weighted by Gasteiger charge is -2.63. The van der Waals surface area contributed by atoms with Gasteiger partial charge in [-0.05, 0) is 82.0 Å². The Kier molecular flexibility index (Phi) is 2.55. The Hall–Kier alpha value is -0.570. The van der Waals surface area contributed by atoms with Crippen LogP contribution in [0.4, 0.5) is 0 Å². The topological polar surface area (TPSA) is 49.8 Å². The number of fused-ring (bicyclic) bond motifs is 5. The number of ether oxygens (including phenoxy) is 1. The van der Waals surface area contributed by atoms with E-state index in [0.29, 0.717) is 23.4 Å². The van der Waals surface area contributed by atoms with Crippen molar-refractivity contribution in [2.75, 3.05) is 0 Å². The van der Waals surface area contributed by atoms with E-state index < -0.39 is 11.4 Å². The summed E-state index contributed by atoms with van der Waals surface area (Å²) in [5.41, 5.74) is 0.228. The third-order valence-electron chi connectivity index (χ3n) is 9.45. The van der Waals surface area contributed by atoms with Gasteiger partial charge >= 0.3 is 5.97 Å². The lowest BCUT2D eigenvalue weighted by Crippen LogP contribution is -2.59. The van der Waals surface area contributed by atoms with E-state index in [2.05, 4.69) is 13.8 Å². The first-order valence-corrected chi connectivity index (χ1v) is 9.69. The van der Waals surface area contributed by atoms with Crippen molar-refractivity contribution in [2.24, 2.45) is 34.0 Å². The van der Waals surface area contributed by atoms with Gasteiger partial charge < -0.3 is 9.84 Å². The van der Waals surface area contributed by atoms with E-state index >= 15 is 0 Å². The number of rotatable bonds is 1. The van der Waals surface area contributed by atoms with Gasteiger partial charge in [0.2, 0.25) is 0 Å². The fourth-order valence-electron chi connectivity index (χ4n) is 8.40. The van der Waals surface area contributed by atoms with Crippen LogP contribution in [0.25, 0.3) is 0 Å². The molecule has 3 nitrogen and oxygen atoms in total. The van der Waals surface area contributed by atoms with Gasteiger partial charge in [-0.15, -0.1) is 0 Å². The molecule has 1 saturated heterocycles. The van der Waals surface area contributed by atoms with Crippen LogP contribution in [0.5, 0.6) is 0 Å². The molecule has 1 aliphatic heterocycles. The molecule has 5 fully saturated rings. The third kappa shape index (κ3) is 1.46. The predicted octanol–water partition coefficient (Wildman–Crippen LogP) is 4.25. The lowest BCUT2D eigenvalue weighted by molar-refractivity contribution is -0.187. The van der Waals surface area contributed by atoms with Crippen molar-refractivity contribution in [3.05, 3.63) is 0 Å². The Balaban J connectivity index is 1.58. The van der Waals surface area contributed by atoms with E-state index in [9.17, 15) is 9.90 Å². The van der Waals surface area contributed by atoms with Crippen LogP contribution in [0.3, 0.4) is 0 Å². The predicted molar refractivity (Wildman–Crippen MR) is 87.0 cm³/mol. The average Bonchev–Trinajstić information content (AvgIpc) is 3.16. The maximum absolute atomic E-state index is 12.1. The van der Waals surface area contributed by atoms with Gasteiger partial charge in [0.1, 0.15) is 0 Å². The highest BCUT2D eigenvalue weighted by molar-refractivity contribution is 5.75. The Morgan fingerprint density at radius 1 is 1.04 bits per heavy atom. The largest absolute Gasteiger partial charge is 0.481 e. The van der Waals surface area contributed by atoms with Crippen molar-refractivity contribution in [3.8, 4) is 0 Å². The highest BCUT2D eigenvalue weighted by Gasteiger charge is 2.79. The second-order valence-electron chi connectivity index (χ2n) is 10.1. The van der Waals surface area contributed by atoms with Gasteiger partial charge in [0.15, 0.2) is 0 Å². The number of aliphatic carboxylic acids is 1. The van der Waals surface area contributed by atoms with Crippen molar-refractivity contribution in [2.45, 2.75) is 83.8 Å². The summed E-state index contributed by atoms with van der Waals surface area (Å²) in [6.07, 6.45) is 9.90. The highest BCUT2D eigenvalue weighted by atomic mass is 16.6. The number of carbonyl (C=O) groups is 1. The molecule has 0 aromatic heterocycles. The number of hydrogen-bond donors (Lipinski definition) is 1. The average molecular weight is 318 g/mol. The molecule has 8 atom stereocenters. The van der Waals surface area contributed by atoms with Crippen LogP contribution in [0.15, 0.2) is 0 Å². The fraction of sp³-hybridized carbons (Fsp3) is 0.950. The highest BCUT2D eigenvalue weighted by Crippen LogP contribution is 2.78. The second kappa shape index (κ2) is 3.98. The van der Waals surface area contributed by atoms with Gasteiger partial charge in [-0.25, -0.2) is 0 Å². The molecule has 1 spiro atoms. The van der Waals surface area contributed by atoms with Gasteiger partial charge in [0.25, 0.3) is 0 Å². The molecule has 23 heavy (non-hydrogen) atoms. The molecule has 0 amide bonds. The summed E-state index contributed by atoms with van der Waals surface area (Å²) in [6, 6.07) is 0. The number of carboxylic acid groups (broad SMARTS) is 1. The Morgan fingerprint density at radius 3 is 2.57 bits per heavy atom. The Morgan fingerprint density at radius 2 is 1.83 bits per heavy atom. The fourth-order valence-corrected chi connectivity index (χ4v) is 8.40. The van der Waals surface area contributed by atoms with E-state index in [1.54, 1.807) is 0 Å². The van der Waals surface area contributed by atoms with Crippen molar-refractivity contribution >= 4 is 5.97 Å². The zero-order valence-electron chi connectivity index (χ0n) is 14.7. The molecular weight excluding hydrogens is 288 g/mol. The molecule has 4 aliphatic carbocycles. The molecule has 0 aromatic carbocycles. The normalized spacial score (nSPS) is 62.9.